The van der Waals surface area contributed by atoms with E-state index in [2.05, 4.69) is 11.1 Å². The summed E-state index contributed by atoms with van der Waals surface area (Å²) in [5.74, 6) is 0.0368. The van der Waals surface area contributed by atoms with E-state index in [4.69, 9.17) is 16.3 Å². The van der Waals surface area contributed by atoms with Crippen molar-refractivity contribution in [2.45, 2.75) is 6.42 Å². The second kappa shape index (κ2) is 5.92. The summed E-state index contributed by atoms with van der Waals surface area (Å²) in [6, 6.07) is 5.84. The number of halogens is 1. The van der Waals surface area contributed by atoms with Crippen molar-refractivity contribution in [2.75, 3.05) is 26.8 Å². The number of amides is 1. The molecule has 2 heterocycles. The first kappa shape index (κ1) is 14.2. The Bertz CT molecular complexity index is 705. The van der Waals surface area contributed by atoms with Gasteiger partial charge in [-0.15, -0.1) is 0 Å². The van der Waals surface area contributed by atoms with Crippen molar-refractivity contribution >= 4 is 34.0 Å². The topological polar surface area (TPSA) is 45.3 Å². The molecule has 1 aromatic carbocycles. The van der Waals surface area contributed by atoms with Crippen molar-refractivity contribution in [3.05, 3.63) is 41.1 Å². The van der Waals surface area contributed by atoms with Crippen LogP contribution in [-0.4, -0.2) is 42.6 Å². The standard InChI is InChI=1S/C16H17ClN2O2/c1-21-10-16(20)19-6-4-11(5-7-19)14-9-18-15-3-2-12(17)8-13(14)15/h2-4,8-9,18H,5-7,10H2,1H3. The molecule has 0 bridgehead atoms. The predicted octanol–water partition coefficient (Wildman–Crippen LogP) is 3.08. The fraction of sp³-hybridized carbons (Fsp3) is 0.312. The molecule has 4 nitrogen and oxygen atoms in total. The summed E-state index contributed by atoms with van der Waals surface area (Å²) < 4.78 is 4.90. The van der Waals surface area contributed by atoms with E-state index in [-0.39, 0.29) is 12.5 Å². The lowest BCUT2D eigenvalue weighted by atomic mass is 9.99. The monoisotopic (exact) mass is 304 g/mol. The first-order valence-electron chi connectivity index (χ1n) is 6.92. The van der Waals surface area contributed by atoms with Gasteiger partial charge in [-0.2, -0.15) is 0 Å². The molecule has 0 radical (unpaired) electrons. The first-order chi connectivity index (χ1) is 10.2. The maximum Gasteiger partial charge on any atom is 0.248 e. The molecule has 2 aromatic rings. The molecule has 0 fully saturated rings. The van der Waals surface area contributed by atoms with Crippen molar-refractivity contribution in [3.8, 4) is 0 Å². The summed E-state index contributed by atoms with van der Waals surface area (Å²) in [6.07, 6.45) is 4.97. The molecule has 0 unspecified atom stereocenters. The summed E-state index contributed by atoms with van der Waals surface area (Å²) in [5, 5.41) is 1.86. The fourth-order valence-corrected chi connectivity index (χ4v) is 2.89. The average molecular weight is 305 g/mol. The largest absolute Gasteiger partial charge is 0.375 e. The summed E-state index contributed by atoms with van der Waals surface area (Å²) in [6.45, 7) is 1.50. The number of fused-ring (bicyclic) bond motifs is 1. The Labute approximate surface area is 128 Å². The molecule has 1 aromatic heterocycles. The Hall–Kier alpha value is -1.78. The molecular formula is C16H17ClN2O2. The summed E-state index contributed by atoms with van der Waals surface area (Å²) in [4.78, 5) is 16.9. The second-order valence-electron chi connectivity index (χ2n) is 5.14. The van der Waals surface area contributed by atoms with Crippen molar-refractivity contribution < 1.29 is 9.53 Å². The maximum atomic E-state index is 11.8. The van der Waals surface area contributed by atoms with Gasteiger partial charge in [0, 0.05) is 47.9 Å². The van der Waals surface area contributed by atoms with E-state index < -0.39 is 0 Å². The number of rotatable bonds is 3. The van der Waals surface area contributed by atoms with Crippen LogP contribution in [-0.2, 0) is 9.53 Å². The average Bonchev–Trinajstić information content (AvgIpc) is 2.90. The van der Waals surface area contributed by atoms with Crippen LogP contribution in [0.5, 0.6) is 0 Å². The number of carbonyl (C=O) groups is 1. The summed E-state index contributed by atoms with van der Waals surface area (Å²) in [5.41, 5.74) is 3.50. The third-order valence-electron chi connectivity index (χ3n) is 3.82. The number of aromatic nitrogens is 1. The molecule has 0 aliphatic carbocycles. The van der Waals surface area contributed by atoms with Crippen molar-refractivity contribution in [2.24, 2.45) is 0 Å². The second-order valence-corrected chi connectivity index (χ2v) is 5.58. The van der Waals surface area contributed by atoms with Gasteiger partial charge in [-0.3, -0.25) is 4.79 Å². The first-order valence-corrected chi connectivity index (χ1v) is 7.29. The Morgan fingerprint density at radius 3 is 3.05 bits per heavy atom. The minimum Gasteiger partial charge on any atom is -0.375 e. The minimum atomic E-state index is 0.0368. The molecule has 1 N–H and O–H groups in total. The van der Waals surface area contributed by atoms with Gasteiger partial charge in [0.2, 0.25) is 5.91 Å². The van der Waals surface area contributed by atoms with Gasteiger partial charge in [-0.25, -0.2) is 0 Å². The van der Waals surface area contributed by atoms with Gasteiger partial charge in [-0.1, -0.05) is 17.7 Å². The van der Waals surface area contributed by atoms with Crippen LogP contribution in [0, 0.1) is 0 Å². The van der Waals surface area contributed by atoms with E-state index in [0.29, 0.717) is 6.54 Å². The SMILES string of the molecule is COCC(=O)N1CC=C(c2c[nH]c3ccc(Cl)cc23)CC1. The van der Waals surface area contributed by atoms with Gasteiger partial charge < -0.3 is 14.6 Å². The molecule has 110 valence electrons. The van der Waals surface area contributed by atoms with Crippen molar-refractivity contribution in [3.63, 3.8) is 0 Å². The summed E-state index contributed by atoms with van der Waals surface area (Å²) in [7, 11) is 1.54. The van der Waals surface area contributed by atoms with Crippen LogP contribution in [0.1, 0.15) is 12.0 Å². The highest BCUT2D eigenvalue weighted by molar-refractivity contribution is 6.31. The molecule has 0 saturated heterocycles. The number of carbonyl (C=O) groups excluding carboxylic acids is 1. The van der Waals surface area contributed by atoms with Crippen LogP contribution in [0.15, 0.2) is 30.5 Å². The number of nitrogens with zero attached hydrogens (tertiary/aromatic N) is 1. The van der Waals surface area contributed by atoms with E-state index in [1.807, 2.05) is 29.3 Å². The molecule has 0 atom stereocenters. The number of ether oxygens (including phenoxy) is 1. The Morgan fingerprint density at radius 1 is 1.48 bits per heavy atom. The van der Waals surface area contributed by atoms with E-state index in [9.17, 15) is 4.79 Å². The van der Waals surface area contributed by atoms with E-state index >= 15 is 0 Å². The minimum absolute atomic E-state index is 0.0368. The van der Waals surface area contributed by atoms with Crippen LogP contribution in [0.2, 0.25) is 5.02 Å². The highest BCUT2D eigenvalue weighted by atomic mass is 35.5. The lowest BCUT2D eigenvalue weighted by molar-refractivity contribution is -0.134. The van der Waals surface area contributed by atoms with Crippen LogP contribution in [0.3, 0.4) is 0 Å². The Morgan fingerprint density at radius 2 is 2.33 bits per heavy atom. The number of nitrogens with one attached hydrogen (secondary N) is 1. The summed E-state index contributed by atoms with van der Waals surface area (Å²) >= 11 is 6.09. The normalized spacial score (nSPS) is 15.3. The number of methoxy groups -OCH3 is 1. The number of aromatic amines is 1. The third kappa shape index (κ3) is 2.82. The van der Waals surface area contributed by atoms with E-state index in [1.54, 1.807) is 7.11 Å². The zero-order chi connectivity index (χ0) is 14.8. The molecule has 0 saturated carbocycles. The lowest BCUT2D eigenvalue weighted by Gasteiger charge is -2.26. The molecule has 21 heavy (non-hydrogen) atoms. The van der Waals surface area contributed by atoms with Crippen molar-refractivity contribution in [1.82, 2.24) is 9.88 Å². The Kier molecular flexibility index (Phi) is 3.99. The molecule has 5 heteroatoms. The number of hydrogen-bond donors (Lipinski definition) is 1. The molecule has 3 rings (SSSR count). The van der Waals surface area contributed by atoms with Crippen LogP contribution >= 0.6 is 11.6 Å². The fourth-order valence-electron chi connectivity index (χ4n) is 2.71. The number of hydrogen-bond acceptors (Lipinski definition) is 2. The van der Waals surface area contributed by atoms with Gasteiger partial charge in [0.05, 0.1) is 0 Å². The van der Waals surface area contributed by atoms with Gasteiger partial charge >= 0.3 is 0 Å². The molecule has 0 spiro atoms. The maximum absolute atomic E-state index is 11.8. The van der Waals surface area contributed by atoms with E-state index in [0.717, 1.165) is 28.9 Å². The predicted molar refractivity (Wildman–Crippen MR) is 84.4 cm³/mol. The van der Waals surface area contributed by atoms with Gasteiger partial charge in [0.1, 0.15) is 6.61 Å². The smallest absolute Gasteiger partial charge is 0.248 e. The number of H-pyrrole nitrogens is 1. The van der Waals surface area contributed by atoms with E-state index in [1.165, 1.54) is 11.1 Å². The lowest BCUT2D eigenvalue weighted by Crippen LogP contribution is -2.36. The van der Waals surface area contributed by atoms with Gasteiger partial charge in [0.15, 0.2) is 0 Å². The third-order valence-corrected chi connectivity index (χ3v) is 4.05. The molecule has 1 aliphatic rings. The van der Waals surface area contributed by atoms with Crippen LogP contribution < -0.4 is 0 Å². The number of benzene rings is 1. The molecular weight excluding hydrogens is 288 g/mol. The van der Waals surface area contributed by atoms with Crippen molar-refractivity contribution in [1.29, 1.82) is 0 Å². The van der Waals surface area contributed by atoms with Crippen LogP contribution in [0.25, 0.3) is 16.5 Å². The Balaban J connectivity index is 1.84. The zero-order valence-electron chi connectivity index (χ0n) is 11.9. The molecule has 1 aliphatic heterocycles. The van der Waals surface area contributed by atoms with Crippen LogP contribution in [0.4, 0.5) is 0 Å². The van der Waals surface area contributed by atoms with Gasteiger partial charge in [0.25, 0.3) is 0 Å². The highest BCUT2D eigenvalue weighted by Crippen LogP contribution is 2.30. The highest BCUT2D eigenvalue weighted by Gasteiger charge is 2.19. The zero-order valence-corrected chi connectivity index (χ0v) is 12.6. The van der Waals surface area contributed by atoms with Gasteiger partial charge in [-0.05, 0) is 30.2 Å². The molecule has 1 amide bonds. The quantitative estimate of drug-likeness (QED) is 0.947.